The molecule has 0 atom stereocenters. The van der Waals surface area contributed by atoms with Gasteiger partial charge in [-0.2, -0.15) is 0 Å². The molecule has 0 N–H and O–H groups in total. The average molecular weight is 302 g/mol. The predicted molar refractivity (Wildman–Crippen MR) is 71.1 cm³/mol. The third-order valence-electron chi connectivity index (χ3n) is 2.52. The van der Waals surface area contributed by atoms with Crippen LogP contribution in [0.1, 0.15) is 29.3 Å². The van der Waals surface area contributed by atoms with Gasteiger partial charge in [-0.1, -0.05) is 15.9 Å². The van der Waals surface area contributed by atoms with Crippen molar-refractivity contribution in [2.75, 3.05) is 18.4 Å². The van der Waals surface area contributed by atoms with Gasteiger partial charge in [-0.05, 0) is 44.0 Å². The lowest BCUT2D eigenvalue weighted by Gasteiger charge is -2.20. The monoisotopic (exact) mass is 301 g/mol. The molecule has 0 fully saturated rings. The number of benzene rings is 1. The zero-order valence-corrected chi connectivity index (χ0v) is 11.8. The molecule has 0 unspecified atom stereocenters. The van der Waals surface area contributed by atoms with E-state index in [4.69, 9.17) is 0 Å². The summed E-state index contributed by atoms with van der Waals surface area (Å²) in [6.07, 6.45) is 0.897. The quantitative estimate of drug-likeness (QED) is 0.764. The maximum atomic E-state index is 13.2. The number of carbonyl (C=O) groups excluding carboxylic acids is 1. The lowest BCUT2D eigenvalue weighted by atomic mass is 10.1. The molecule has 0 aliphatic heterocycles. The van der Waals surface area contributed by atoms with E-state index >= 15 is 0 Å². The number of alkyl halides is 1. The van der Waals surface area contributed by atoms with Crippen LogP contribution < -0.4 is 0 Å². The van der Waals surface area contributed by atoms with Crippen LogP contribution in [-0.4, -0.2) is 29.2 Å². The van der Waals surface area contributed by atoms with Gasteiger partial charge >= 0.3 is 0 Å². The van der Waals surface area contributed by atoms with E-state index in [1.807, 2.05) is 6.92 Å². The van der Waals surface area contributed by atoms with Crippen molar-refractivity contribution in [2.45, 2.75) is 20.3 Å². The lowest BCUT2D eigenvalue weighted by Crippen LogP contribution is -2.32. The number of nitrogens with zero attached hydrogens (tertiary/aromatic N) is 1. The zero-order valence-electron chi connectivity index (χ0n) is 10.2. The van der Waals surface area contributed by atoms with Crippen LogP contribution in [0.2, 0.25) is 0 Å². The first-order valence-corrected chi connectivity index (χ1v) is 6.83. The van der Waals surface area contributed by atoms with Gasteiger partial charge in [0.25, 0.3) is 5.91 Å². The largest absolute Gasteiger partial charge is 0.339 e. The van der Waals surface area contributed by atoms with Crippen molar-refractivity contribution in [2.24, 2.45) is 0 Å². The predicted octanol–water partition coefficient (Wildman–Crippen LogP) is 3.38. The van der Waals surface area contributed by atoms with E-state index in [2.05, 4.69) is 15.9 Å². The van der Waals surface area contributed by atoms with Crippen molar-refractivity contribution in [3.05, 3.63) is 35.1 Å². The number of rotatable bonds is 5. The summed E-state index contributed by atoms with van der Waals surface area (Å²) in [7, 11) is 0. The van der Waals surface area contributed by atoms with Gasteiger partial charge < -0.3 is 4.90 Å². The number of amides is 1. The Morgan fingerprint density at radius 3 is 2.65 bits per heavy atom. The molecule has 0 saturated carbocycles. The molecule has 0 aliphatic rings. The van der Waals surface area contributed by atoms with Crippen molar-refractivity contribution in [1.82, 2.24) is 4.90 Å². The van der Waals surface area contributed by atoms with Crippen LogP contribution in [0.15, 0.2) is 18.2 Å². The van der Waals surface area contributed by atoms with Crippen molar-refractivity contribution >= 4 is 21.8 Å². The first-order chi connectivity index (χ1) is 8.08. The molecule has 0 radical (unpaired) electrons. The molecule has 1 aromatic rings. The maximum Gasteiger partial charge on any atom is 0.253 e. The Morgan fingerprint density at radius 2 is 2.12 bits per heavy atom. The molecule has 0 aliphatic carbocycles. The lowest BCUT2D eigenvalue weighted by molar-refractivity contribution is 0.0764. The van der Waals surface area contributed by atoms with Gasteiger partial charge in [0, 0.05) is 24.0 Å². The highest BCUT2D eigenvalue weighted by Gasteiger charge is 2.14. The second-order valence-corrected chi connectivity index (χ2v) is 4.74. The fourth-order valence-corrected chi connectivity index (χ4v) is 1.95. The first-order valence-electron chi connectivity index (χ1n) is 5.71. The highest BCUT2D eigenvalue weighted by atomic mass is 79.9. The molecule has 0 aromatic heterocycles. The van der Waals surface area contributed by atoms with Gasteiger partial charge in [-0.25, -0.2) is 4.39 Å². The molecule has 0 bridgehead atoms. The van der Waals surface area contributed by atoms with E-state index in [-0.39, 0.29) is 11.7 Å². The van der Waals surface area contributed by atoms with E-state index in [1.165, 1.54) is 12.1 Å². The van der Waals surface area contributed by atoms with E-state index in [0.29, 0.717) is 18.7 Å². The summed E-state index contributed by atoms with van der Waals surface area (Å²) in [5, 5.41) is 0.860. The van der Waals surface area contributed by atoms with Crippen LogP contribution in [0.5, 0.6) is 0 Å². The summed E-state index contributed by atoms with van der Waals surface area (Å²) in [6, 6.07) is 4.44. The second kappa shape index (κ2) is 6.74. The SMILES string of the molecule is CCN(CCCBr)C(=O)c1cc(C)cc(F)c1. The number of aryl methyl sites for hydroxylation is 1. The topological polar surface area (TPSA) is 20.3 Å². The van der Waals surface area contributed by atoms with E-state index in [1.54, 1.807) is 17.9 Å². The van der Waals surface area contributed by atoms with Crippen LogP contribution in [-0.2, 0) is 0 Å². The summed E-state index contributed by atoms with van der Waals surface area (Å²) in [6.45, 7) is 5.05. The molecule has 0 spiro atoms. The minimum Gasteiger partial charge on any atom is -0.339 e. The summed E-state index contributed by atoms with van der Waals surface area (Å²) in [5.74, 6) is -0.457. The Labute approximate surface area is 110 Å². The molecule has 0 saturated heterocycles. The van der Waals surface area contributed by atoms with E-state index < -0.39 is 0 Å². The van der Waals surface area contributed by atoms with Gasteiger partial charge in [0.1, 0.15) is 5.82 Å². The standard InChI is InChI=1S/C13H17BrFNO/c1-3-16(6-4-5-14)13(17)11-7-10(2)8-12(15)9-11/h7-9H,3-6H2,1-2H3. The summed E-state index contributed by atoms with van der Waals surface area (Å²) < 4.78 is 13.2. The van der Waals surface area contributed by atoms with E-state index in [0.717, 1.165) is 17.3 Å². The van der Waals surface area contributed by atoms with Gasteiger partial charge in [0.05, 0.1) is 0 Å². The van der Waals surface area contributed by atoms with Crippen molar-refractivity contribution in [3.63, 3.8) is 0 Å². The summed E-state index contributed by atoms with van der Waals surface area (Å²) in [5.41, 5.74) is 1.20. The van der Waals surface area contributed by atoms with Crippen LogP contribution in [0.4, 0.5) is 4.39 Å². The third kappa shape index (κ3) is 4.11. The fraction of sp³-hybridized carbons (Fsp3) is 0.462. The normalized spacial score (nSPS) is 10.4. The molecule has 94 valence electrons. The molecule has 1 aromatic carbocycles. The average Bonchev–Trinajstić information content (AvgIpc) is 2.28. The Bertz CT molecular complexity index is 375. The van der Waals surface area contributed by atoms with Crippen LogP contribution in [0.3, 0.4) is 0 Å². The molecular formula is C13H17BrFNO. The molecule has 2 nitrogen and oxygen atoms in total. The molecule has 1 amide bonds. The Kier molecular flexibility index (Phi) is 5.62. The Morgan fingerprint density at radius 1 is 1.41 bits per heavy atom. The molecule has 0 heterocycles. The number of halogens is 2. The summed E-state index contributed by atoms with van der Waals surface area (Å²) in [4.78, 5) is 13.9. The fourth-order valence-electron chi connectivity index (χ4n) is 1.70. The number of hydrogen-bond donors (Lipinski definition) is 0. The van der Waals surface area contributed by atoms with Gasteiger partial charge in [-0.3, -0.25) is 4.79 Å². The molecule has 17 heavy (non-hydrogen) atoms. The van der Waals surface area contributed by atoms with Crippen LogP contribution >= 0.6 is 15.9 Å². The smallest absolute Gasteiger partial charge is 0.253 e. The van der Waals surface area contributed by atoms with Crippen LogP contribution in [0.25, 0.3) is 0 Å². The maximum absolute atomic E-state index is 13.2. The van der Waals surface area contributed by atoms with Crippen LogP contribution in [0, 0.1) is 12.7 Å². The number of hydrogen-bond acceptors (Lipinski definition) is 1. The molecule has 1 rings (SSSR count). The Balaban J connectivity index is 2.85. The zero-order chi connectivity index (χ0) is 12.8. The first kappa shape index (κ1) is 14.2. The number of carbonyl (C=O) groups is 1. The van der Waals surface area contributed by atoms with E-state index in [9.17, 15) is 9.18 Å². The van der Waals surface area contributed by atoms with Crippen molar-refractivity contribution < 1.29 is 9.18 Å². The Hall–Kier alpha value is -0.900. The highest BCUT2D eigenvalue weighted by Crippen LogP contribution is 2.11. The molecular weight excluding hydrogens is 285 g/mol. The van der Waals surface area contributed by atoms with Crippen molar-refractivity contribution in [1.29, 1.82) is 0 Å². The minimum absolute atomic E-state index is 0.101. The van der Waals surface area contributed by atoms with Crippen molar-refractivity contribution in [3.8, 4) is 0 Å². The highest BCUT2D eigenvalue weighted by molar-refractivity contribution is 9.09. The summed E-state index contributed by atoms with van der Waals surface area (Å²) >= 11 is 3.34. The second-order valence-electron chi connectivity index (χ2n) is 3.94. The minimum atomic E-state index is -0.357. The van der Waals surface area contributed by atoms with Gasteiger partial charge in [0.2, 0.25) is 0 Å². The van der Waals surface area contributed by atoms with Gasteiger partial charge in [-0.15, -0.1) is 0 Å². The molecule has 4 heteroatoms. The third-order valence-corrected chi connectivity index (χ3v) is 3.08. The van der Waals surface area contributed by atoms with Gasteiger partial charge in [0.15, 0.2) is 0 Å².